The Bertz CT molecular complexity index is 1230. The van der Waals surface area contributed by atoms with Gasteiger partial charge in [-0.3, -0.25) is 9.48 Å². The number of amides is 1. The summed E-state index contributed by atoms with van der Waals surface area (Å²) in [5, 5.41) is 12.3. The first-order valence-electron chi connectivity index (χ1n) is 12.0. The van der Waals surface area contributed by atoms with E-state index in [2.05, 4.69) is 15.7 Å². The van der Waals surface area contributed by atoms with Crippen LogP contribution in [0.3, 0.4) is 0 Å². The number of nitrogens with one attached hydrogen (secondary N) is 2. The van der Waals surface area contributed by atoms with Gasteiger partial charge in [-0.25, -0.2) is 0 Å². The number of rotatable bonds is 9. The zero-order valence-electron chi connectivity index (χ0n) is 19.2. The molecule has 5 rings (SSSR count). The molecule has 34 heavy (non-hydrogen) atoms. The Hall–Kier alpha value is -3.64. The van der Waals surface area contributed by atoms with Crippen LogP contribution in [0.4, 0.5) is 5.69 Å². The molecule has 0 radical (unpaired) electrons. The minimum absolute atomic E-state index is 0.0509. The van der Waals surface area contributed by atoms with Gasteiger partial charge in [0, 0.05) is 23.7 Å². The fourth-order valence-corrected chi connectivity index (χ4v) is 4.52. The van der Waals surface area contributed by atoms with E-state index in [0.29, 0.717) is 12.5 Å². The summed E-state index contributed by atoms with van der Waals surface area (Å²) in [6.45, 7) is 1.72. The fraction of sp³-hybridized carbons (Fsp3) is 0.286. The van der Waals surface area contributed by atoms with Gasteiger partial charge in [0.1, 0.15) is 11.5 Å². The fourth-order valence-electron chi connectivity index (χ4n) is 4.52. The summed E-state index contributed by atoms with van der Waals surface area (Å²) in [5.41, 5.74) is 2.75. The van der Waals surface area contributed by atoms with Crippen LogP contribution in [0.15, 0.2) is 79.0 Å². The van der Waals surface area contributed by atoms with Crippen LogP contribution < -0.4 is 15.4 Å². The van der Waals surface area contributed by atoms with Gasteiger partial charge in [0.15, 0.2) is 0 Å². The maximum atomic E-state index is 12.7. The molecule has 0 aliphatic heterocycles. The molecule has 2 N–H and O–H groups in total. The van der Waals surface area contributed by atoms with Crippen molar-refractivity contribution in [2.75, 3.05) is 11.9 Å². The molecule has 1 heterocycles. The quantitative estimate of drug-likeness (QED) is 0.348. The first-order valence-corrected chi connectivity index (χ1v) is 12.0. The number of hydrogen-bond acceptors (Lipinski definition) is 4. The molecule has 3 aromatic carbocycles. The number of carbonyl (C=O) groups excluding carboxylic acids is 1. The SMILES string of the molecule is O=C(Cc1ccc(Oc2ccccc2)cc1)Nc1ccc2cnn(CCNC3CCCC3)c2c1. The first kappa shape index (κ1) is 22.2. The standard InChI is InChI=1S/C28H30N4O2/c33-28(18-21-10-14-26(15-11-21)34-25-8-2-1-3-9-25)31-24-13-12-22-20-30-32(27(22)19-24)17-16-29-23-6-4-5-7-23/h1-3,8-15,19-20,23,29H,4-7,16-18H2,(H,31,33). The van der Waals surface area contributed by atoms with E-state index in [1.54, 1.807) is 0 Å². The van der Waals surface area contributed by atoms with Gasteiger partial charge in [-0.2, -0.15) is 5.10 Å². The van der Waals surface area contributed by atoms with Gasteiger partial charge in [0.25, 0.3) is 0 Å². The van der Waals surface area contributed by atoms with Crippen LogP contribution >= 0.6 is 0 Å². The highest BCUT2D eigenvalue weighted by atomic mass is 16.5. The van der Waals surface area contributed by atoms with E-state index >= 15 is 0 Å². The molecule has 0 saturated heterocycles. The average molecular weight is 455 g/mol. The van der Waals surface area contributed by atoms with Crippen LogP contribution in [0.5, 0.6) is 11.5 Å². The van der Waals surface area contributed by atoms with Crippen LogP contribution in [0.2, 0.25) is 0 Å². The minimum atomic E-state index is -0.0509. The molecule has 6 heteroatoms. The van der Waals surface area contributed by atoms with Crippen molar-refractivity contribution in [3.8, 4) is 11.5 Å². The summed E-state index contributed by atoms with van der Waals surface area (Å²) in [6, 6.07) is 23.9. The molecule has 0 atom stereocenters. The van der Waals surface area contributed by atoms with E-state index in [9.17, 15) is 4.79 Å². The number of nitrogens with zero attached hydrogens (tertiary/aromatic N) is 2. The van der Waals surface area contributed by atoms with Crippen molar-refractivity contribution < 1.29 is 9.53 Å². The molecule has 1 fully saturated rings. The first-order chi connectivity index (χ1) is 16.7. The second kappa shape index (κ2) is 10.5. The van der Waals surface area contributed by atoms with E-state index < -0.39 is 0 Å². The number of carbonyl (C=O) groups is 1. The highest BCUT2D eigenvalue weighted by Gasteiger charge is 2.14. The van der Waals surface area contributed by atoms with E-state index in [-0.39, 0.29) is 5.91 Å². The Morgan fingerprint density at radius 2 is 1.74 bits per heavy atom. The average Bonchev–Trinajstić information content (AvgIpc) is 3.51. The molecule has 1 saturated carbocycles. The van der Waals surface area contributed by atoms with E-state index in [0.717, 1.165) is 46.7 Å². The zero-order valence-corrected chi connectivity index (χ0v) is 19.2. The molecule has 4 aromatic rings. The lowest BCUT2D eigenvalue weighted by Gasteiger charge is -2.12. The molecule has 0 spiro atoms. The number of fused-ring (bicyclic) bond motifs is 1. The molecule has 174 valence electrons. The number of ether oxygens (including phenoxy) is 1. The molecule has 1 aromatic heterocycles. The number of para-hydroxylation sites is 1. The summed E-state index contributed by atoms with van der Waals surface area (Å²) in [7, 11) is 0. The lowest BCUT2D eigenvalue weighted by molar-refractivity contribution is -0.115. The van der Waals surface area contributed by atoms with Gasteiger partial charge < -0.3 is 15.4 Å². The number of aromatic nitrogens is 2. The third-order valence-corrected chi connectivity index (χ3v) is 6.31. The molecular weight excluding hydrogens is 424 g/mol. The van der Waals surface area contributed by atoms with Gasteiger partial charge in [0.2, 0.25) is 5.91 Å². The summed E-state index contributed by atoms with van der Waals surface area (Å²) < 4.78 is 7.83. The number of hydrogen-bond donors (Lipinski definition) is 2. The van der Waals surface area contributed by atoms with Gasteiger partial charge in [0.05, 0.1) is 24.7 Å². The summed E-state index contributed by atoms with van der Waals surface area (Å²) >= 11 is 0. The normalized spacial score (nSPS) is 13.9. The van der Waals surface area contributed by atoms with Crippen molar-refractivity contribution >= 4 is 22.5 Å². The third-order valence-electron chi connectivity index (χ3n) is 6.31. The smallest absolute Gasteiger partial charge is 0.228 e. The molecule has 1 aliphatic rings. The molecular formula is C28H30N4O2. The van der Waals surface area contributed by atoms with Crippen LogP contribution in [0.1, 0.15) is 31.2 Å². The second-order valence-corrected chi connectivity index (χ2v) is 8.86. The van der Waals surface area contributed by atoms with Gasteiger partial charge in [-0.1, -0.05) is 43.2 Å². The number of benzene rings is 3. The monoisotopic (exact) mass is 454 g/mol. The Morgan fingerprint density at radius 3 is 2.53 bits per heavy atom. The van der Waals surface area contributed by atoms with Crippen LogP contribution in [0, 0.1) is 0 Å². The number of anilines is 1. The van der Waals surface area contributed by atoms with Crippen molar-refractivity contribution in [3.63, 3.8) is 0 Å². The topological polar surface area (TPSA) is 68.2 Å². The summed E-state index contributed by atoms with van der Waals surface area (Å²) in [6.07, 6.45) is 7.40. The van der Waals surface area contributed by atoms with Crippen molar-refractivity contribution in [3.05, 3.63) is 84.6 Å². The van der Waals surface area contributed by atoms with Crippen molar-refractivity contribution in [1.82, 2.24) is 15.1 Å². The molecule has 0 unspecified atom stereocenters. The van der Waals surface area contributed by atoms with Gasteiger partial charge in [-0.05, 0) is 60.9 Å². The largest absolute Gasteiger partial charge is 0.457 e. The lowest BCUT2D eigenvalue weighted by Crippen LogP contribution is -2.29. The van der Waals surface area contributed by atoms with Gasteiger partial charge in [-0.15, -0.1) is 0 Å². The van der Waals surface area contributed by atoms with Crippen LogP contribution in [-0.4, -0.2) is 28.3 Å². The van der Waals surface area contributed by atoms with Crippen molar-refractivity contribution in [2.45, 2.75) is 44.7 Å². The zero-order chi connectivity index (χ0) is 23.2. The molecule has 1 amide bonds. The van der Waals surface area contributed by atoms with Crippen molar-refractivity contribution in [2.24, 2.45) is 0 Å². The molecule has 1 aliphatic carbocycles. The van der Waals surface area contributed by atoms with Crippen molar-refractivity contribution in [1.29, 1.82) is 0 Å². The Kier molecular flexibility index (Phi) is 6.86. The maximum absolute atomic E-state index is 12.7. The predicted molar refractivity (Wildman–Crippen MR) is 135 cm³/mol. The second-order valence-electron chi connectivity index (χ2n) is 8.86. The predicted octanol–water partition coefficient (Wildman–Crippen LogP) is 5.54. The summed E-state index contributed by atoms with van der Waals surface area (Å²) in [5.74, 6) is 1.48. The van der Waals surface area contributed by atoms with Gasteiger partial charge >= 0.3 is 0 Å². The van der Waals surface area contributed by atoms with Crippen LogP contribution in [-0.2, 0) is 17.8 Å². The molecule has 0 bridgehead atoms. The molecule has 6 nitrogen and oxygen atoms in total. The lowest BCUT2D eigenvalue weighted by atomic mass is 10.1. The highest BCUT2D eigenvalue weighted by Crippen LogP contribution is 2.22. The highest BCUT2D eigenvalue weighted by molar-refractivity contribution is 5.94. The minimum Gasteiger partial charge on any atom is -0.457 e. The van der Waals surface area contributed by atoms with E-state index in [4.69, 9.17) is 4.74 Å². The summed E-state index contributed by atoms with van der Waals surface area (Å²) in [4.78, 5) is 12.7. The third kappa shape index (κ3) is 5.64. The van der Waals surface area contributed by atoms with E-state index in [1.165, 1.54) is 25.7 Å². The Labute approximate surface area is 199 Å². The Balaban J connectivity index is 1.17. The van der Waals surface area contributed by atoms with Crippen LogP contribution in [0.25, 0.3) is 10.9 Å². The maximum Gasteiger partial charge on any atom is 0.228 e. The van der Waals surface area contributed by atoms with E-state index in [1.807, 2.05) is 83.7 Å². The Morgan fingerprint density at radius 1 is 0.971 bits per heavy atom.